The Bertz CT molecular complexity index is 987. The van der Waals surface area contributed by atoms with E-state index in [2.05, 4.69) is 42.7 Å². The zero-order valence-corrected chi connectivity index (χ0v) is 17.1. The lowest BCUT2D eigenvalue weighted by Gasteiger charge is -2.22. The van der Waals surface area contributed by atoms with Gasteiger partial charge in [0.2, 0.25) is 0 Å². The molecule has 2 aromatic carbocycles. The number of aryl methyl sites for hydroxylation is 2. The van der Waals surface area contributed by atoms with Crippen molar-refractivity contribution >= 4 is 5.91 Å². The van der Waals surface area contributed by atoms with Gasteiger partial charge in [-0.05, 0) is 63.4 Å². The molecule has 1 aliphatic heterocycles. The van der Waals surface area contributed by atoms with Crippen LogP contribution in [0.4, 0.5) is 0 Å². The predicted molar refractivity (Wildman–Crippen MR) is 116 cm³/mol. The molecule has 29 heavy (non-hydrogen) atoms. The highest BCUT2D eigenvalue weighted by molar-refractivity contribution is 6.00. The molecule has 1 unspecified atom stereocenters. The summed E-state index contributed by atoms with van der Waals surface area (Å²) in [7, 11) is 0. The Morgan fingerprint density at radius 2 is 2.03 bits per heavy atom. The predicted octanol–water partition coefficient (Wildman–Crippen LogP) is 3.89. The fourth-order valence-electron chi connectivity index (χ4n) is 3.96. The van der Waals surface area contributed by atoms with Crippen molar-refractivity contribution in [2.75, 3.05) is 19.6 Å². The van der Waals surface area contributed by atoms with Crippen molar-refractivity contribution in [2.45, 2.75) is 26.7 Å². The second kappa shape index (κ2) is 8.62. The average molecular weight is 389 g/mol. The van der Waals surface area contributed by atoms with Gasteiger partial charge in [-0.1, -0.05) is 42.0 Å². The number of para-hydroxylation sites is 1. The van der Waals surface area contributed by atoms with Gasteiger partial charge in [0, 0.05) is 18.3 Å². The number of hydrogen-bond donors (Lipinski definition) is 2. The van der Waals surface area contributed by atoms with E-state index in [4.69, 9.17) is 5.10 Å². The Labute approximate surface area is 172 Å². The van der Waals surface area contributed by atoms with E-state index in [1.165, 1.54) is 12.0 Å². The van der Waals surface area contributed by atoms with Gasteiger partial charge in [-0.2, -0.15) is 5.10 Å². The molecule has 150 valence electrons. The first-order chi connectivity index (χ1) is 14.1. The number of benzene rings is 2. The molecule has 1 aliphatic rings. The van der Waals surface area contributed by atoms with E-state index in [0.29, 0.717) is 18.0 Å². The quantitative estimate of drug-likeness (QED) is 0.697. The molecule has 0 aliphatic carbocycles. The molecule has 2 N–H and O–H groups in total. The maximum absolute atomic E-state index is 13.1. The van der Waals surface area contributed by atoms with E-state index in [1.54, 1.807) is 4.68 Å². The number of nitrogens with zero attached hydrogens (tertiary/aromatic N) is 2. The summed E-state index contributed by atoms with van der Waals surface area (Å²) in [4.78, 5) is 13.1. The number of hydrogen-bond acceptors (Lipinski definition) is 3. The third-order valence-corrected chi connectivity index (χ3v) is 5.57. The minimum atomic E-state index is -0.0623. The van der Waals surface area contributed by atoms with Crippen molar-refractivity contribution in [3.05, 3.63) is 71.4 Å². The van der Waals surface area contributed by atoms with Crippen molar-refractivity contribution in [3.8, 4) is 16.9 Å². The number of nitrogens with one attached hydrogen (secondary N) is 2. The SMILES string of the molecule is Cc1ccc(-c2nn(-c3ccccc3)cc2C(=O)NCC2CCCNC2)c(C)c1. The number of carbonyl (C=O) groups excluding carboxylic acids is 1. The molecule has 1 atom stereocenters. The normalized spacial score (nSPS) is 16.6. The van der Waals surface area contributed by atoms with Gasteiger partial charge in [0.15, 0.2) is 0 Å². The molecule has 5 heteroatoms. The van der Waals surface area contributed by atoms with Gasteiger partial charge in [0.25, 0.3) is 5.91 Å². The summed E-state index contributed by atoms with van der Waals surface area (Å²) in [5, 5.41) is 11.3. The van der Waals surface area contributed by atoms with Crippen LogP contribution >= 0.6 is 0 Å². The summed E-state index contributed by atoms with van der Waals surface area (Å²) >= 11 is 0. The first-order valence-electron chi connectivity index (χ1n) is 10.3. The number of piperidine rings is 1. The van der Waals surface area contributed by atoms with Crippen LogP contribution in [0, 0.1) is 19.8 Å². The van der Waals surface area contributed by atoms with Crippen LogP contribution in [0.3, 0.4) is 0 Å². The highest BCUT2D eigenvalue weighted by atomic mass is 16.1. The van der Waals surface area contributed by atoms with Gasteiger partial charge in [0.1, 0.15) is 5.69 Å². The lowest BCUT2D eigenvalue weighted by Crippen LogP contribution is -2.38. The van der Waals surface area contributed by atoms with Crippen LogP contribution in [0.15, 0.2) is 54.7 Å². The van der Waals surface area contributed by atoms with Crippen molar-refractivity contribution in [1.82, 2.24) is 20.4 Å². The number of aromatic nitrogens is 2. The van der Waals surface area contributed by atoms with E-state index in [1.807, 2.05) is 36.5 Å². The molecule has 3 aromatic rings. The standard InChI is InChI=1S/C24H28N4O/c1-17-10-11-21(18(2)13-17)23-22(16-28(27-23)20-8-4-3-5-9-20)24(29)26-15-19-7-6-12-25-14-19/h3-5,8-11,13,16,19,25H,6-7,12,14-15H2,1-2H3,(H,26,29). The van der Waals surface area contributed by atoms with Gasteiger partial charge in [-0.3, -0.25) is 4.79 Å². The van der Waals surface area contributed by atoms with Crippen LogP contribution in [0.1, 0.15) is 34.3 Å². The second-order valence-electron chi connectivity index (χ2n) is 7.91. The largest absolute Gasteiger partial charge is 0.352 e. The molecule has 1 aromatic heterocycles. The minimum Gasteiger partial charge on any atom is -0.352 e. The van der Waals surface area contributed by atoms with Gasteiger partial charge in [0.05, 0.1) is 11.3 Å². The van der Waals surface area contributed by atoms with E-state index in [-0.39, 0.29) is 5.91 Å². The Hall–Kier alpha value is -2.92. The third-order valence-electron chi connectivity index (χ3n) is 5.57. The van der Waals surface area contributed by atoms with E-state index in [9.17, 15) is 4.79 Å². The molecule has 1 fully saturated rings. The molecular weight excluding hydrogens is 360 g/mol. The first-order valence-corrected chi connectivity index (χ1v) is 10.3. The van der Waals surface area contributed by atoms with Gasteiger partial charge >= 0.3 is 0 Å². The average Bonchev–Trinajstić information content (AvgIpc) is 3.19. The van der Waals surface area contributed by atoms with Crippen LogP contribution < -0.4 is 10.6 Å². The molecule has 5 nitrogen and oxygen atoms in total. The zero-order chi connectivity index (χ0) is 20.2. The molecule has 0 saturated carbocycles. The van der Waals surface area contributed by atoms with Crippen LogP contribution in [0.5, 0.6) is 0 Å². The smallest absolute Gasteiger partial charge is 0.255 e. The lowest BCUT2D eigenvalue weighted by molar-refractivity contribution is 0.0945. The summed E-state index contributed by atoms with van der Waals surface area (Å²) in [6.45, 7) is 6.87. The van der Waals surface area contributed by atoms with Crippen LogP contribution in [0.2, 0.25) is 0 Å². The summed E-state index contributed by atoms with van der Waals surface area (Å²) in [6, 6.07) is 16.2. The summed E-state index contributed by atoms with van der Waals surface area (Å²) in [5.74, 6) is 0.425. The fourth-order valence-corrected chi connectivity index (χ4v) is 3.96. The summed E-state index contributed by atoms with van der Waals surface area (Å²) < 4.78 is 1.80. The van der Waals surface area contributed by atoms with Crippen molar-refractivity contribution in [2.24, 2.45) is 5.92 Å². The van der Waals surface area contributed by atoms with Gasteiger partial charge in [-0.15, -0.1) is 0 Å². The van der Waals surface area contributed by atoms with Crippen molar-refractivity contribution < 1.29 is 4.79 Å². The molecular formula is C24H28N4O. The highest BCUT2D eigenvalue weighted by Gasteiger charge is 2.21. The third kappa shape index (κ3) is 4.40. The van der Waals surface area contributed by atoms with Crippen LogP contribution in [-0.4, -0.2) is 35.3 Å². The van der Waals surface area contributed by atoms with E-state index in [0.717, 1.165) is 42.0 Å². The lowest BCUT2D eigenvalue weighted by atomic mass is 9.99. The Kier molecular flexibility index (Phi) is 5.76. The fraction of sp³-hybridized carbons (Fsp3) is 0.333. The molecule has 2 heterocycles. The Balaban J connectivity index is 1.66. The number of carbonyl (C=O) groups is 1. The number of amides is 1. The highest BCUT2D eigenvalue weighted by Crippen LogP contribution is 2.27. The molecule has 0 spiro atoms. The number of rotatable bonds is 5. The maximum atomic E-state index is 13.1. The maximum Gasteiger partial charge on any atom is 0.255 e. The Morgan fingerprint density at radius 1 is 1.21 bits per heavy atom. The Morgan fingerprint density at radius 3 is 2.76 bits per heavy atom. The van der Waals surface area contributed by atoms with Crippen LogP contribution in [0.25, 0.3) is 16.9 Å². The van der Waals surface area contributed by atoms with Crippen LogP contribution in [-0.2, 0) is 0 Å². The van der Waals surface area contributed by atoms with Crippen molar-refractivity contribution in [3.63, 3.8) is 0 Å². The monoisotopic (exact) mass is 388 g/mol. The van der Waals surface area contributed by atoms with Gasteiger partial charge < -0.3 is 10.6 Å². The van der Waals surface area contributed by atoms with Gasteiger partial charge in [-0.25, -0.2) is 4.68 Å². The van der Waals surface area contributed by atoms with Crippen molar-refractivity contribution in [1.29, 1.82) is 0 Å². The second-order valence-corrected chi connectivity index (χ2v) is 7.91. The molecule has 1 saturated heterocycles. The van der Waals surface area contributed by atoms with E-state index >= 15 is 0 Å². The van der Waals surface area contributed by atoms with E-state index < -0.39 is 0 Å². The summed E-state index contributed by atoms with van der Waals surface area (Å²) in [5.41, 5.74) is 5.59. The first kappa shape index (κ1) is 19.4. The molecule has 0 radical (unpaired) electrons. The summed E-state index contributed by atoms with van der Waals surface area (Å²) in [6.07, 6.45) is 4.17. The molecule has 1 amide bonds. The zero-order valence-electron chi connectivity index (χ0n) is 17.1. The molecule has 0 bridgehead atoms. The topological polar surface area (TPSA) is 59.0 Å². The minimum absolute atomic E-state index is 0.0623. The molecule has 4 rings (SSSR count).